The lowest BCUT2D eigenvalue weighted by molar-refractivity contribution is -0.455. The molecule has 4 N–H and O–H groups in total. The Morgan fingerprint density at radius 2 is 1.88 bits per heavy atom. The molecular weight excluding hydrogens is 336 g/mol. The first-order chi connectivity index (χ1) is 12.0. The lowest BCUT2D eigenvalue weighted by atomic mass is 9.35. The molecule has 4 bridgehead atoms. The van der Waals surface area contributed by atoms with Crippen molar-refractivity contribution in [3.63, 3.8) is 0 Å². The van der Waals surface area contributed by atoms with Crippen LogP contribution in [0.15, 0.2) is 12.2 Å². The van der Waals surface area contributed by atoms with Crippen molar-refractivity contribution in [2.75, 3.05) is 6.61 Å². The molecule has 0 aromatic rings. The second-order valence-corrected chi connectivity index (χ2v) is 10.1. The minimum absolute atomic E-state index is 0.0454. The maximum absolute atomic E-state index is 13.3. The molecule has 0 aromatic carbocycles. The zero-order valence-electron chi connectivity index (χ0n) is 15.3. The first-order valence-electron chi connectivity index (χ1n) is 9.68. The first kappa shape index (κ1) is 17.3. The van der Waals surface area contributed by atoms with E-state index in [0.29, 0.717) is 31.3 Å². The average Bonchev–Trinajstić information content (AvgIpc) is 2.76. The van der Waals surface area contributed by atoms with Crippen LogP contribution in [0.5, 0.6) is 0 Å². The van der Waals surface area contributed by atoms with Gasteiger partial charge in [0.1, 0.15) is 6.10 Å². The van der Waals surface area contributed by atoms with E-state index in [1.54, 1.807) is 0 Å². The molecule has 0 amide bonds. The summed E-state index contributed by atoms with van der Waals surface area (Å²) in [5.74, 6) is -3.66. The van der Waals surface area contributed by atoms with Crippen molar-refractivity contribution in [1.82, 2.24) is 0 Å². The molecule has 4 saturated carbocycles. The maximum atomic E-state index is 13.3. The van der Waals surface area contributed by atoms with Gasteiger partial charge in [0, 0.05) is 17.3 Å². The number of carbonyl (C=O) groups excluding carboxylic acids is 1. The standard InChI is InChI=1S/C20H28O6/c1-9-10-6-11(21)13-18-8-26-20(25,19(13,7-10)15(9)23)16(24)14(18)17(2,3)5-4-12(18)22/h10-14,16,21-22,24-25H,1,4-8H2,2-3H3/t10-,11+,12+,13+,14-,16+,18+,19+,20+/m1/s1. The zero-order valence-corrected chi connectivity index (χ0v) is 15.3. The van der Waals surface area contributed by atoms with Gasteiger partial charge < -0.3 is 25.2 Å². The van der Waals surface area contributed by atoms with E-state index in [-0.39, 0.29) is 23.7 Å². The summed E-state index contributed by atoms with van der Waals surface area (Å²) >= 11 is 0. The number of Topliss-reactive ketones (excluding diaryl/α,β-unsaturated/α-hetero) is 1. The Labute approximate surface area is 152 Å². The first-order valence-corrected chi connectivity index (χ1v) is 9.68. The van der Waals surface area contributed by atoms with Crippen LogP contribution in [-0.4, -0.2) is 56.9 Å². The highest BCUT2D eigenvalue weighted by atomic mass is 16.6. The molecule has 6 aliphatic rings. The number of rotatable bonds is 0. The van der Waals surface area contributed by atoms with Gasteiger partial charge in [0.15, 0.2) is 5.78 Å². The fraction of sp³-hybridized carbons (Fsp3) is 0.850. The summed E-state index contributed by atoms with van der Waals surface area (Å²) in [5, 5.41) is 45.1. The third-order valence-corrected chi connectivity index (χ3v) is 8.78. The van der Waals surface area contributed by atoms with E-state index in [9.17, 15) is 25.2 Å². The SMILES string of the molecule is C=C1C(=O)[C@]23C[C@H]1C[C@H](O)[C@H]2[C@@]12CO[C@@]3(O)[C@@H](O)[C@@H]1C(C)(C)CC[C@@H]2O. The average molecular weight is 364 g/mol. The molecule has 2 saturated heterocycles. The van der Waals surface area contributed by atoms with Crippen molar-refractivity contribution in [3.05, 3.63) is 12.2 Å². The van der Waals surface area contributed by atoms with E-state index in [2.05, 4.69) is 6.58 Å². The highest BCUT2D eigenvalue weighted by Crippen LogP contribution is 2.76. The number of aliphatic hydroxyl groups excluding tert-OH is 3. The molecule has 2 heterocycles. The van der Waals surface area contributed by atoms with Gasteiger partial charge in [-0.25, -0.2) is 0 Å². The number of ether oxygens (including phenoxy) is 1. The lowest BCUT2D eigenvalue weighted by Crippen LogP contribution is -2.85. The van der Waals surface area contributed by atoms with E-state index >= 15 is 0 Å². The van der Waals surface area contributed by atoms with Crippen molar-refractivity contribution in [2.45, 2.75) is 63.6 Å². The molecule has 6 nitrogen and oxygen atoms in total. The number of hydrogen-bond acceptors (Lipinski definition) is 6. The predicted molar refractivity (Wildman–Crippen MR) is 90.7 cm³/mol. The van der Waals surface area contributed by atoms with Crippen LogP contribution in [0.2, 0.25) is 0 Å². The number of carbonyl (C=O) groups is 1. The van der Waals surface area contributed by atoms with Crippen molar-refractivity contribution in [3.8, 4) is 0 Å². The van der Waals surface area contributed by atoms with Gasteiger partial charge in [-0.3, -0.25) is 4.79 Å². The molecule has 0 unspecified atom stereocenters. The normalized spacial score (nSPS) is 59.9. The van der Waals surface area contributed by atoms with Crippen molar-refractivity contribution in [1.29, 1.82) is 0 Å². The van der Waals surface area contributed by atoms with Crippen LogP contribution in [0.3, 0.4) is 0 Å². The van der Waals surface area contributed by atoms with Crippen LogP contribution < -0.4 is 0 Å². The summed E-state index contributed by atoms with van der Waals surface area (Å²) in [4.78, 5) is 13.3. The number of ketones is 1. The van der Waals surface area contributed by atoms with Crippen LogP contribution >= 0.6 is 0 Å². The minimum atomic E-state index is -2.05. The molecule has 144 valence electrons. The highest BCUT2D eigenvalue weighted by Gasteiger charge is 2.85. The van der Waals surface area contributed by atoms with E-state index in [4.69, 9.17) is 4.74 Å². The smallest absolute Gasteiger partial charge is 0.205 e. The maximum Gasteiger partial charge on any atom is 0.205 e. The van der Waals surface area contributed by atoms with E-state index in [0.717, 1.165) is 0 Å². The highest BCUT2D eigenvalue weighted by molar-refractivity contribution is 6.04. The third kappa shape index (κ3) is 1.47. The van der Waals surface area contributed by atoms with Gasteiger partial charge >= 0.3 is 0 Å². The van der Waals surface area contributed by atoms with Crippen LogP contribution in [0.4, 0.5) is 0 Å². The summed E-state index contributed by atoms with van der Waals surface area (Å²) in [6.07, 6.45) is -0.978. The molecule has 6 fully saturated rings. The molecule has 6 heteroatoms. The molecule has 0 radical (unpaired) electrons. The van der Waals surface area contributed by atoms with Crippen molar-refractivity contribution < 1.29 is 30.0 Å². The van der Waals surface area contributed by atoms with E-state index in [1.165, 1.54) is 0 Å². The van der Waals surface area contributed by atoms with Crippen LogP contribution in [-0.2, 0) is 9.53 Å². The fourth-order valence-corrected chi connectivity index (χ4v) is 7.88. The fourth-order valence-electron chi connectivity index (χ4n) is 7.88. The van der Waals surface area contributed by atoms with Gasteiger partial charge in [0.25, 0.3) is 0 Å². The summed E-state index contributed by atoms with van der Waals surface area (Å²) in [5.41, 5.74) is -2.32. The van der Waals surface area contributed by atoms with Crippen molar-refractivity contribution >= 4 is 5.78 Å². The molecule has 0 aromatic heterocycles. The minimum Gasteiger partial charge on any atom is -0.393 e. The van der Waals surface area contributed by atoms with Crippen LogP contribution in [0.25, 0.3) is 0 Å². The van der Waals surface area contributed by atoms with Crippen molar-refractivity contribution in [2.24, 2.45) is 34.0 Å². The number of fused-ring (bicyclic) bond motifs is 2. The van der Waals surface area contributed by atoms with Crippen LogP contribution in [0, 0.1) is 34.0 Å². The monoisotopic (exact) mass is 364 g/mol. The summed E-state index contributed by atoms with van der Waals surface area (Å²) < 4.78 is 5.83. The van der Waals surface area contributed by atoms with Gasteiger partial charge in [-0.2, -0.15) is 0 Å². The summed E-state index contributed by atoms with van der Waals surface area (Å²) in [6, 6.07) is 0. The number of aliphatic hydroxyl groups is 4. The Morgan fingerprint density at radius 1 is 1.19 bits per heavy atom. The summed E-state index contributed by atoms with van der Waals surface area (Å²) in [6.45, 7) is 8.01. The second kappa shape index (κ2) is 4.61. The Kier molecular flexibility index (Phi) is 3.07. The topological polar surface area (TPSA) is 107 Å². The number of allylic oxidation sites excluding steroid dienone is 1. The quantitative estimate of drug-likeness (QED) is 0.463. The predicted octanol–water partition coefficient (Wildman–Crippen LogP) is 0.376. The van der Waals surface area contributed by atoms with Crippen LogP contribution in [0.1, 0.15) is 39.5 Å². The number of hydrogen-bond donors (Lipinski definition) is 4. The second-order valence-electron chi connectivity index (χ2n) is 10.1. The Balaban J connectivity index is 1.81. The Bertz CT molecular complexity index is 717. The Hall–Kier alpha value is -0.790. The van der Waals surface area contributed by atoms with Gasteiger partial charge in [0.05, 0.1) is 24.2 Å². The molecular formula is C20H28O6. The van der Waals surface area contributed by atoms with Gasteiger partial charge in [-0.15, -0.1) is 0 Å². The third-order valence-electron chi connectivity index (χ3n) is 8.78. The summed E-state index contributed by atoms with van der Waals surface area (Å²) in [7, 11) is 0. The Morgan fingerprint density at radius 3 is 2.58 bits per heavy atom. The van der Waals surface area contributed by atoms with Gasteiger partial charge in [-0.05, 0) is 42.6 Å². The largest absolute Gasteiger partial charge is 0.393 e. The molecule has 9 atom stereocenters. The molecule has 2 spiro atoms. The van der Waals surface area contributed by atoms with E-state index in [1.807, 2.05) is 13.8 Å². The van der Waals surface area contributed by atoms with E-state index < -0.39 is 46.8 Å². The van der Waals surface area contributed by atoms with Gasteiger partial charge in [0.2, 0.25) is 5.79 Å². The molecule has 2 aliphatic heterocycles. The molecule has 26 heavy (non-hydrogen) atoms. The molecule has 4 aliphatic carbocycles. The zero-order chi connectivity index (χ0) is 18.9. The van der Waals surface area contributed by atoms with Gasteiger partial charge in [-0.1, -0.05) is 20.4 Å². The molecule has 6 rings (SSSR count). The lowest BCUT2D eigenvalue weighted by Gasteiger charge is -2.74.